The molecule has 0 heterocycles. The van der Waals surface area contributed by atoms with Gasteiger partial charge in [0.05, 0.1) is 13.0 Å². The molecule has 0 amide bonds. The highest BCUT2D eigenvalue weighted by atomic mass is 16.5. The third-order valence-corrected chi connectivity index (χ3v) is 2.52. The Balaban J connectivity index is 2.48. The fourth-order valence-corrected chi connectivity index (χ4v) is 1.75. The summed E-state index contributed by atoms with van der Waals surface area (Å²) in [6, 6.07) is 8.45. The summed E-state index contributed by atoms with van der Waals surface area (Å²) >= 11 is 0. The highest BCUT2D eigenvalue weighted by Gasteiger charge is 1.98. The topological polar surface area (TPSA) is 26.3 Å². The molecule has 0 atom stereocenters. The maximum Gasteiger partial charge on any atom is 0.309 e. The molecule has 2 heteroatoms. The first-order chi connectivity index (χ1) is 8.61. The highest BCUT2D eigenvalue weighted by molar-refractivity contribution is 5.72. The molecule has 0 radical (unpaired) electrons. The van der Waals surface area contributed by atoms with Crippen LogP contribution >= 0.6 is 0 Å². The van der Waals surface area contributed by atoms with Crippen molar-refractivity contribution in [3.05, 3.63) is 41.5 Å². The van der Waals surface area contributed by atoms with Gasteiger partial charge in [-0.15, -0.1) is 0 Å². The molecule has 0 aliphatic rings. The van der Waals surface area contributed by atoms with Gasteiger partial charge < -0.3 is 4.74 Å². The van der Waals surface area contributed by atoms with E-state index in [1.165, 1.54) is 5.56 Å². The minimum atomic E-state index is -0.176. The Morgan fingerprint density at radius 1 is 1.28 bits per heavy atom. The minimum Gasteiger partial charge on any atom is -0.466 e. The highest BCUT2D eigenvalue weighted by Crippen LogP contribution is 2.11. The van der Waals surface area contributed by atoms with Gasteiger partial charge in [0, 0.05) is 0 Å². The molecule has 18 heavy (non-hydrogen) atoms. The predicted molar refractivity (Wildman–Crippen MR) is 75.3 cm³/mol. The summed E-state index contributed by atoms with van der Waals surface area (Å²) in [6.45, 7) is 6.69. The van der Waals surface area contributed by atoms with Gasteiger partial charge in [0.2, 0.25) is 0 Å². The third kappa shape index (κ3) is 5.67. The first-order valence-corrected chi connectivity index (χ1v) is 6.53. The van der Waals surface area contributed by atoms with Crippen molar-refractivity contribution in [3.63, 3.8) is 0 Å². The SMILES string of the molecule is CCOC(=O)CC=Cc1ccc(CC(C)C)cc1. The number of hydrogen-bond donors (Lipinski definition) is 0. The molecule has 0 spiro atoms. The summed E-state index contributed by atoms with van der Waals surface area (Å²) in [5, 5.41) is 0. The summed E-state index contributed by atoms with van der Waals surface area (Å²) in [5.41, 5.74) is 2.47. The van der Waals surface area contributed by atoms with Crippen LogP contribution in [0.15, 0.2) is 30.3 Å². The predicted octanol–water partition coefficient (Wildman–Crippen LogP) is 3.85. The molecular formula is C16H22O2. The molecule has 1 aromatic carbocycles. The van der Waals surface area contributed by atoms with Crippen molar-refractivity contribution in [3.8, 4) is 0 Å². The lowest BCUT2D eigenvalue weighted by Gasteiger charge is -2.04. The zero-order chi connectivity index (χ0) is 13.4. The maximum atomic E-state index is 11.1. The van der Waals surface area contributed by atoms with E-state index in [1.54, 1.807) is 0 Å². The Hall–Kier alpha value is -1.57. The Kier molecular flexibility index (Phi) is 6.20. The van der Waals surface area contributed by atoms with Gasteiger partial charge in [0.1, 0.15) is 0 Å². The second-order valence-electron chi connectivity index (χ2n) is 4.75. The largest absolute Gasteiger partial charge is 0.466 e. The van der Waals surface area contributed by atoms with E-state index in [1.807, 2.05) is 19.1 Å². The molecule has 0 unspecified atom stereocenters. The van der Waals surface area contributed by atoms with Gasteiger partial charge >= 0.3 is 5.97 Å². The third-order valence-electron chi connectivity index (χ3n) is 2.52. The number of ether oxygens (including phenoxy) is 1. The number of carbonyl (C=O) groups is 1. The normalized spacial score (nSPS) is 11.1. The van der Waals surface area contributed by atoms with Gasteiger partial charge in [0.15, 0.2) is 0 Å². The molecule has 0 fully saturated rings. The Morgan fingerprint density at radius 3 is 2.50 bits per heavy atom. The van der Waals surface area contributed by atoms with Crippen LogP contribution in [0.1, 0.15) is 38.3 Å². The summed E-state index contributed by atoms with van der Waals surface area (Å²) in [4.78, 5) is 11.1. The number of rotatable bonds is 6. The Bertz CT molecular complexity index is 388. The van der Waals surface area contributed by atoms with Crippen LogP contribution in [0.25, 0.3) is 6.08 Å². The van der Waals surface area contributed by atoms with Crippen LogP contribution < -0.4 is 0 Å². The molecule has 0 saturated heterocycles. The first-order valence-electron chi connectivity index (χ1n) is 6.53. The van der Waals surface area contributed by atoms with Gasteiger partial charge in [-0.3, -0.25) is 4.79 Å². The minimum absolute atomic E-state index is 0.176. The van der Waals surface area contributed by atoms with Crippen molar-refractivity contribution in [2.45, 2.75) is 33.6 Å². The lowest BCUT2D eigenvalue weighted by Crippen LogP contribution is -2.01. The molecule has 0 aromatic heterocycles. The van der Waals surface area contributed by atoms with Gasteiger partial charge in [-0.2, -0.15) is 0 Å². The molecule has 0 saturated carbocycles. The molecule has 2 nitrogen and oxygen atoms in total. The molecule has 1 aromatic rings. The molecule has 0 bridgehead atoms. The van der Waals surface area contributed by atoms with Gasteiger partial charge in [-0.1, -0.05) is 50.3 Å². The lowest BCUT2D eigenvalue weighted by atomic mass is 10.0. The zero-order valence-electron chi connectivity index (χ0n) is 11.5. The van der Waals surface area contributed by atoms with Crippen LogP contribution in [-0.4, -0.2) is 12.6 Å². The van der Waals surface area contributed by atoms with E-state index in [0.29, 0.717) is 18.9 Å². The van der Waals surface area contributed by atoms with Gasteiger partial charge in [-0.25, -0.2) is 0 Å². The van der Waals surface area contributed by atoms with E-state index in [0.717, 1.165) is 12.0 Å². The van der Waals surface area contributed by atoms with E-state index < -0.39 is 0 Å². The van der Waals surface area contributed by atoms with Crippen LogP contribution in [0.4, 0.5) is 0 Å². The van der Waals surface area contributed by atoms with Gasteiger partial charge in [0.25, 0.3) is 0 Å². The summed E-state index contributed by atoms with van der Waals surface area (Å²) in [7, 11) is 0. The average molecular weight is 246 g/mol. The van der Waals surface area contributed by atoms with Crippen molar-refractivity contribution in [2.24, 2.45) is 5.92 Å². The molecule has 0 aliphatic heterocycles. The van der Waals surface area contributed by atoms with E-state index in [2.05, 4.69) is 38.1 Å². The second kappa shape index (κ2) is 7.70. The molecule has 0 aliphatic carbocycles. The van der Waals surface area contributed by atoms with Crippen LogP contribution in [0.3, 0.4) is 0 Å². The van der Waals surface area contributed by atoms with E-state index in [9.17, 15) is 4.79 Å². The van der Waals surface area contributed by atoms with Crippen LogP contribution in [-0.2, 0) is 16.0 Å². The van der Waals surface area contributed by atoms with E-state index in [-0.39, 0.29) is 5.97 Å². The number of esters is 1. The second-order valence-corrected chi connectivity index (χ2v) is 4.75. The quantitative estimate of drug-likeness (QED) is 0.713. The smallest absolute Gasteiger partial charge is 0.309 e. The van der Waals surface area contributed by atoms with Crippen molar-refractivity contribution >= 4 is 12.0 Å². The number of benzene rings is 1. The molecule has 98 valence electrons. The van der Waals surface area contributed by atoms with Gasteiger partial charge in [-0.05, 0) is 30.4 Å². The van der Waals surface area contributed by atoms with Crippen LogP contribution in [0.2, 0.25) is 0 Å². The first kappa shape index (κ1) is 14.5. The number of hydrogen-bond acceptors (Lipinski definition) is 2. The molecule has 0 N–H and O–H groups in total. The molecular weight excluding hydrogens is 224 g/mol. The lowest BCUT2D eigenvalue weighted by molar-refractivity contribution is -0.142. The maximum absolute atomic E-state index is 11.1. The van der Waals surface area contributed by atoms with Crippen molar-refractivity contribution < 1.29 is 9.53 Å². The molecule has 1 rings (SSSR count). The number of carbonyl (C=O) groups excluding carboxylic acids is 1. The summed E-state index contributed by atoms with van der Waals surface area (Å²) in [6.07, 6.45) is 5.24. The average Bonchev–Trinajstić information content (AvgIpc) is 2.31. The van der Waals surface area contributed by atoms with E-state index in [4.69, 9.17) is 4.74 Å². The van der Waals surface area contributed by atoms with Crippen LogP contribution in [0, 0.1) is 5.92 Å². The summed E-state index contributed by atoms with van der Waals surface area (Å²) < 4.78 is 4.85. The fourth-order valence-electron chi connectivity index (χ4n) is 1.75. The summed E-state index contributed by atoms with van der Waals surface area (Å²) in [5.74, 6) is 0.500. The van der Waals surface area contributed by atoms with Crippen LogP contribution in [0.5, 0.6) is 0 Å². The zero-order valence-corrected chi connectivity index (χ0v) is 11.5. The van der Waals surface area contributed by atoms with E-state index >= 15 is 0 Å². The monoisotopic (exact) mass is 246 g/mol. The van der Waals surface area contributed by atoms with Crippen molar-refractivity contribution in [1.82, 2.24) is 0 Å². The fraction of sp³-hybridized carbons (Fsp3) is 0.438. The van der Waals surface area contributed by atoms with Crippen molar-refractivity contribution in [2.75, 3.05) is 6.61 Å². The van der Waals surface area contributed by atoms with Crippen molar-refractivity contribution in [1.29, 1.82) is 0 Å². The Labute approximate surface area is 110 Å². The standard InChI is InChI=1S/C16H22O2/c1-4-18-16(17)7-5-6-14-8-10-15(11-9-14)12-13(2)3/h5-6,8-11,13H,4,7,12H2,1-3H3. The Morgan fingerprint density at radius 2 is 1.94 bits per heavy atom.